The Morgan fingerprint density at radius 1 is 0.268 bits per heavy atom. The van der Waals surface area contributed by atoms with Gasteiger partial charge in [0.15, 0.2) is 0 Å². The van der Waals surface area contributed by atoms with Crippen molar-refractivity contribution >= 4 is 23.9 Å². The number of phenols is 4. The first-order valence-corrected chi connectivity index (χ1v) is 29.1. The van der Waals surface area contributed by atoms with Crippen LogP contribution in [-0.2, 0) is 88.2 Å². The fourth-order valence-electron chi connectivity index (χ4n) is 8.53. The highest BCUT2D eigenvalue weighted by atomic mass is 16.4. The van der Waals surface area contributed by atoms with Gasteiger partial charge in [-0.25, -0.2) is 0 Å². The lowest BCUT2D eigenvalue weighted by Gasteiger charge is -2.27. The van der Waals surface area contributed by atoms with Crippen LogP contribution in [0.4, 0.5) is 0 Å². The summed E-state index contributed by atoms with van der Waals surface area (Å²) in [4.78, 5) is 43.1. The molecule has 0 heterocycles. The van der Waals surface area contributed by atoms with Crippen LogP contribution in [0.1, 0.15) is 272 Å². The molecule has 0 radical (unpaired) electrons. The van der Waals surface area contributed by atoms with Crippen molar-refractivity contribution < 1.29 is 60.0 Å². The molecule has 12 nitrogen and oxygen atoms in total. The number of phenolic OH excluding ortho intramolecular Hbond substituents is 4. The Kier molecular flexibility index (Phi) is 27.3. The monoisotopic (exact) mass is 1140 g/mol. The van der Waals surface area contributed by atoms with Gasteiger partial charge in [0.1, 0.15) is 23.0 Å². The summed E-state index contributed by atoms with van der Waals surface area (Å²) in [5.74, 6) is -2.41. The van der Waals surface area contributed by atoms with Gasteiger partial charge in [-0.15, -0.1) is 0 Å². The quantitative estimate of drug-likeness (QED) is 0.0662. The zero-order valence-electron chi connectivity index (χ0n) is 55.5. The normalized spacial score (nSPS) is 12.3. The molecule has 4 rings (SSSR count). The maximum absolute atomic E-state index is 10.8. The van der Waals surface area contributed by atoms with E-state index >= 15 is 0 Å². The van der Waals surface area contributed by atoms with Crippen molar-refractivity contribution in [2.75, 3.05) is 0 Å². The van der Waals surface area contributed by atoms with Crippen molar-refractivity contribution in [1.82, 2.24) is 0 Å². The van der Waals surface area contributed by atoms with Crippen molar-refractivity contribution in [3.8, 4) is 23.0 Å². The molecule has 0 bridgehead atoms. The van der Waals surface area contributed by atoms with E-state index in [4.69, 9.17) is 20.4 Å². The summed E-state index contributed by atoms with van der Waals surface area (Å²) in [5.41, 5.74) is 10.1. The van der Waals surface area contributed by atoms with Crippen molar-refractivity contribution in [2.24, 2.45) is 0 Å². The average Bonchev–Trinajstić information content (AvgIpc) is 3.28. The van der Waals surface area contributed by atoms with Crippen LogP contribution in [-0.4, -0.2) is 64.7 Å². The molecule has 0 amide bonds. The van der Waals surface area contributed by atoms with E-state index in [9.17, 15) is 39.6 Å². The van der Waals surface area contributed by atoms with Gasteiger partial charge in [-0.05, 0) is 136 Å². The molecule has 0 saturated carbocycles. The highest BCUT2D eigenvalue weighted by molar-refractivity contribution is 5.69. The van der Waals surface area contributed by atoms with Crippen LogP contribution in [0.2, 0.25) is 0 Å². The first-order chi connectivity index (χ1) is 36.7. The summed E-state index contributed by atoms with van der Waals surface area (Å²) >= 11 is 0. The van der Waals surface area contributed by atoms with Gasteiger partial charge in [-0.3, -0.25) is 19.2 Å². The van der Waals surface area contributed by atoms with Gasteiger partial charge in [-0.1, -0.05) is 229 Å². The number of aliphatic carboxylic acids is 4. The lowest BCUT2D eigenvalue weighted by Crippen LogP contribution is -2.17. The predicted octanol–water partition coefficient (Wildman–Crippen LogP) is 17.0. The predicted molar refractivity (Wildman–Crippen MR) is 337 cm³/mol. The molecule has 8 N–H and O–H groups in total. The largest absolute Gasteiger partial charge is 0.507 e. The first kappa shape index (κ1) is 76.0. The van der Waals surface area contributed by atoms with Gasteiger partial charge in [0.25, 0.3) is 0 Å². The second-order valence-corrected chi connectivity index (χ2v) is 29.7. The van der Waals surface area contributed by atoms with Crippen LogP contribution in [0.5, 0.6) is 23.0 Å². The lowest BCUT2D eigenvalue weighted by atomic mass is 9.78. The number of rotatable bonds is 12. The van der Waals surface area contributed by atoms with Crippen molar-refractivity contribution in [3.05, 3.63) is 115 Å². The van der Waals surface area contributed by atoms with Gasteiger partial charge in [0, 0.05) is 25.7 Å². The minimum atomic E-state index is -0.845. The Hall–Kier alpha value is -6.04. The van der Waals surface area contributed by atoms with E-state index in [1.807, 2.05) is 62.4 Å². The van der Waals surface area contributed by atoms with Gasteiger partial charge in [0.05, 0.1) is 0 Å². The second kappa shape index (κ2) is 29.5. The Balaban J connectivity index is 0.00000106. The van der Waals surface area contributed by atoms with E-state index in [1.165, 1.54) is 0 Å². The van der Waals surface area contributed by atoms with Crippen LogP contribution in [0.25, 0.3) is 0 Å². The Bertz CT molecular complexity index is 2390. The molecule has 0 saturated heterocycles. The molecule has 0 atom stereocenters. The number of aryl methyl sites for hydroxylation is 4. The molecule has 0 aliphatic rings. The Morgan fingerprint density at radius 2 is 0.402 bits per heavy atom. The van der Waals surface area contributed by atoms with Crippen molar-refractivity contribution in [1.29, 1.82) is 0 Å². The van der Waals surface area contributed by atoms with Crippen LogP contribution >= 0.6 is 0 Å². The maximum atomic E-state index is 10.8. The summed E-state index contributed by atoms with van der Waals surface area (Å²) in [5, 5.41) is 77.1. The third kappa shape index (κ3) is 24.8. The van der Waals surface area contributed by atoms with Crippen LogP contribution < -0.4 is 0 Å². The standard InChI is InChI=1S/4C17H26O3.C2H6/c4*1-16(2,3)12-9-11(7-8-14(18)19)15(20)13(10-12)17(4,5)6;1-2/h4*9-10,20H,7-8H2,1-6H3,(H,18,19);1-2H3. The van der Waals surface area contributed by atoms with E-state index in [0.29, 0.717) is 25.7 Å². The zero-order chi connectivity index (χ0) is 64.9. The smallest absolute Gasteiger partial charge is 0.303 e. The first-order valence-electron chi connectivity index (χ1n) is 29.1. The van der Waals surface area contributed by atoms with Crippen LogP contribution in [0.3, 0.4) is 0 Å². The molecule has 12 heteroatoms. The molecule has 82 heavy (non-hydrogen) atoms. The number of hydrogen-bond acceptors (Lipinski definition) is 8. The average molecular weight is 1140 g/mol. The van der Waals surface area contributed by atoms with Crippen molar-refractivity contribution in [2.45, 2.75) is 275 Å². The number of carboxylic acids is 4. The summed E-state index contributed by atoms with van der Waals surface area (Å²) in [6.07, 6.45) is 1.55. The van der Waals surface area contributed by atoms with E-state index in [2.05, 4.69) is 166 Å². The maximum Gasteiger partial charge on any atom is 0.303 e. The Labute approximate surface area is 494 Å². The van der Waals surface area contributed by atoms with E-state index in [0.717, 1.165) is 66.8 Å². The SMILES string of the molecule is CC.CC(C)(C)c1cc(CCC(=O)O)c(O)c(C(C)(C)C)c1.CC(C)(C)c1cc(CCC(=O)O)c(O)c(C(C)(C)C)c1.CC(C)(C)c1cc(CCC(=O)O)c(O)c(C(C)(C)C)c1.CC(C)(C)c1cc(CCC(=O)O)c(O)c(C(C)(C)C)c1. The molecule has 0 fully saturated rings. The zero-order valence-corrected chi connectivity index (χ0v) is 55.5. The number of benzene rings is 4. The molecule has 0 aromatic heterocycles. The third-order valence-electron chi connectivity index (χ3n) is 13.9. The fraction of sp³-hybridized carbons (Fsp3) is 0.600. The second-order valence-electron chi connectivity index (χ2n) is 29.7. The topological polar surface area (TPSA) is 230 Å². The van der Waals surface area contributed by atoms with Gasteiger partial charge in [0.2, 0.25) is 0 Å². The van der Waals surface area contributed by atoms with Gasteiger partial charge in [-0.2, -0.15) is 0 Å². The molecular formula is C70H110O12. The summed E-state index contributed by atoms with van der Waals surface area (Å²) < 4.78 is 0. The van der Waals surface area contributed by atoms with Crippen LogP contribution in [0.15, 0.2) is 48.5 Å². The molecule has 0 aliphatic carbocycles. The summed E-state index contributed by atoms with van der Waals surface area (Å²) in [6.45, 7) is 54.0. The van der Waals surface area contributed by atoms with Crippen molar-refractivity contribution in [3.63, 3.8) is 0 Å². The molecule has 0 spiro atoms. The molecule has 0 unspecified atom stereocenters. The fourth-order valence-corrected chi connectivity index (χ4v) is 8.53. The molecule has 4 aromatic carbocycles. The highest BCUT2D eigenvalue weighted by Gasteiger charge is 2.29. The highest BCUT2D eigenvalue weighted by Crippen LogP contribution is 2.42. The lowest BCUT2D eigenvalue weighted by molar-refractivity contribution is -0.138. The van der Waals surface area contributed by atoms with Crippen LogP contribution in [0, 0.1) is 0 Å². The molecule has 4 aromatic rings. The number of hydrogen-bond donors (Lipinski definition) is 8. The summed E-state index contributed by atoms with van der Waals surface area (Å²) in [7, 11) is 0. The van der Waals surface area contributed by atoms with E-state index < -0.39 is 23.9 Å². The number of carbonyl (C=O) groups is 4. The minimum absolute atomic E-state index is 0.0325. The minimum Gasteiger partial charge on any atom is -0.507 e. The molecular weight excluding hydrogens is 1030 g/mol. The summed E-state index contributed by atoms with van der Waals surface area (Å²) in [6, 6.07) is 15.9. The number of aromatic hydroxyl groups is 4. The Morgan fingerprint density at radius 3 is 0.500 bits per heavy atom. The molecule has 462 valence electrons. The van der Waals surface area contributed by atoms with Gasteiger partial charge < -0.3 is 40.9 Å². The molecule has 0 aliphatic heterocycles. The van der Waals surface area contributed by atoms with Gasteiger partial charge >= 0.3 is 23.9 Å². The third-order valence-corrected chi connectivity index (χ3v) is 13.9. The van der Waals surface area contributed by atoms with E-state index in [1.54, 1.807) is 0 Å². The van der Waals surface area contributed by atoms with E-state index in [-0.39, 0.29) is 92.0 Å². The number of carboxylic acid groups (broad SMARTS) is 4.